The zero-order chi connectivity index (χ0) is 14.8. The zero-order valence-corrected chi connectivity index (χ0v) is 12.1. The molecule has 0 amide bonds. The monoisotopic (exact) mass is 285 g/mol. The van der Waals surface area contributed by atoms with E-state index in [1.807, 2.05) is 6.92 Å². The average Bonchev–Trinajstić information content (AvgIpc) is 2.96. The van der Waals surface area contributed by atoms with Gasteiger partial charge in [-0.3, -0.25) is 0 Å². The molecule has 1 aliphatic rings. The molecule has 21 heavy (non-hydrogen) atoms. The maximum Gasteiger partial charge on any atom is 0.254 e. The molecule has 6 nitrogen and oxygen atoms in total. The van der Waals surface area contributed by atoms with Gasteiger partial charge in [-0.1, -0.05) is 31.1 Å². The standard InChI is InChI=1S/C15H19N5O/c1-10-12(14(16)20-15(19-10)17-9-18-20)7-8-13(21)11-5-3-2-4-6-11/h9,11,13,21H,2-6,16H2,1H3. The summed E-state index contributed by atoms with van der Waals surface area (Å²) in [5.74, 6) is 7.07. The molecule has 3 N–H and O–H groups in total. The third-order valence-electron chi connectivity index (χ3n) is 4.08. The van der Waals surface area contributed by atoms with Gasteiger partial charge in [0.2, 0.25) is 0 Å². The molecule has 1 unspecified atom stereocenters. The first kappa shape index (κ1) is 13.8. The van der Waals surface area contributed by atoms with Crippen molar-refractivity contribution < 1.29 is 5.11 Å². The topological polar surface area (TPSA) is 89.3 Å². The first-order valence-corrected chi connectivity index (χ1v) is 7.32. The number of rotatable bonds is 1. The van der Waals surface area contributed by atoms with E-state index in [1.165, 1.54) is 30.1 Å². The summed E-state index contributed by atoms with van der Waals surface area (Å²) in [6.45, 7) is 1.84. The lowest BCUT2D eigenvalue weighted by molar-refractivity contribution is 0.133. The highest BCUT2D eigenvalue weighted by atomic mass is 16.3. The number of aliphatic hydroxyl groups excluding tert-OH is 1. The maximum atomic E-state index is 10.2. The Morgan fingerprint density at radius 3 is 2.90 bits per heavy atom. The van der Waals surface area contributed by atoms with Gasteiger partial charge < -0.3 is 10.8 Å². The summed E-state index contributed by atoms with van der Waals surface area (Å²) in [7, 11) is 0. The molecule has 2 heterocycles. The Morgan fingerprint density at radius 1 is 1.38 bits per heavy atom. The van der Waals surface area contributed by atoms with Crippen molar-refractivity contribution in [3.05, 3.63) is 17.6 Å². The molecule has 3 rings (SSSR count). The van der Waals surface area contributed by atoms with Gasteiger partial charge in [0.1, 0.15) is 18.2 Å². The summed E-state index contributed by atoms with van der Waals surface area (Å²) in [5.41, 5.74) is 7.38. The molecule has 1 aliphatic carbocycles. The van der Waals surface area contributed by atoms with Gasteiger partial charge in [0.05, 0.1) is 11.3 Å². The van der Waals surface area contributed by atoms with Crippen molar-refractivity contribution >= 4 is 11.6 Å². The highest BCUT2D eigenvalue weighted by Crippen LogP contribution is 2.26. The number of hydrogen-bond acceptors (Lipinski definition) is 5. The Bertz CT molecular complexity index is 706. The van der Waals surface area contributed by atoms with Crippen LogP contribution in [0.1, 0.15) is 43.4 Å². The predicted octanol–water partition coefficient (Wildman–Crippen LogP) is 1.31. The second-order valence-electron chi connectivity index (χ2n) is 5.54. The fourth-order valence-electron chi connectivity index (χ4n) is 2.85. The molecule has 1 saturated carbocycles. The summed E-state index contributed by atoms with van der Waals surface area (Å²) in [6, 6.07) is 0. The van der Waals surface area contributed by atoms with Gasteiger partial charge in [-0.2, -0.15) is 14.6 Å². The second-order valence-corrected chi connectivity index (χ2v) is 5.54. The van der Waals surface area contributed by atoms with Crippen LogP contribution in [0.4, 0.5) is 5.82 Å². The molecule has 0 radical (unpaired) electrons. The number of hydrogen-bond donors (Lipinski definition) is 2. The molecule has 2 aromatic rings. The van der Waals surface area contributed by atoms with Gasteiger partial charge in [-0.05, 0) is 25.7 Å². The van der Waals surface area contributed by atoms with E-state index in [1.54, 1.807) is 0 Å². The molecule has 1 atom stereocenters. The molecule has 6 heteroatoms. The molecular weight excluding hydrogens is 266 g/mol. The molecular formula is C15H19N5O. The number of nitrogen functional groups attached to an aromatic ring is 1. The Morgan fingerprint density at radius 2 is 2.14 bits per heavy atom. The van der Waals surface area contributed by atoms with Crippen LogP contribution in [-0.4, -0.2) is 30.8 Å². The van der Waals surface area contributed by atoms with Crippen molar-refractivity contribution in [3.8, 4) is 11.8 Å². The molecule has 0 aromatic carbocycles. The molecule has 0 bridgehead atoms. The molecule has 0 aliphatic heterocycles. The largest absolute Gasteiger partial charge is 0.382 e. The molecule has 0 spiro atoms. The van der Waals surface area contributed by atoms with E-state index in [2.05, 4.69) is 26.9 Å². The van der Waals surface area contributed by atoms with E-state index < -0.39 is 6.10 Å². The van der Waals surface area contributed by atoms with Crippen molar-refractivity contribution in [2.75, 3.05) is 5.73 Å². The van der Waals surface area contributed by atoms with Crippen LogP contribution >= 0.6 is 0 Å². The summed E-state index contributed by atoms with van der Waals surface area (Å²) in [6.07, 6.45) is 6.51. The molecule has 1 fully saturated rings. The summed E-state index contributed by atoms with van der Waals surface area (Å²) in [4.78, 5) is 8.33. The quantitative estimate of drug-likeness (QED) is 0.771. The molecule has 0 saturated heterocycles. The Kier molecular flexibility index (Phi) is 3.76. The lowest BCUT2D eigenvalue weighted by atomic mass is 9.85. The van der Waals surface area contributed by atoms with E-state index in [-0.39, 0.29) is 5.92 Å². The first-order chi connectivity index (χ1) is 10.2. The van der Waals surface area contributed by atoms with Gasteiger partial charge >= 0.3 is 0 Å². The van der Waals surface area contributed by atoms with Gasteiger partial charge in [-0.15, -0.1) is 0 Å². The normalized spacial score (nSPS) is 17.4. The van der Waals surface area contributed by atoms with Crippen LogP contribution in [0.25, 0.3) is 5.78 Å². The Hall–Kier alpha value is -2.13. The minimum absolute atomic E-state index is 0.274. The minimum Gasteiger partial charge on any atom is -0.382 e. The fraction of sp³-hybridized carbons (Fsp3) is 0.533. The highest BCUT2D eigenvalue weighted by molar-refractivity contribution is 5.57. The van der Waals surface area contributed by atoms with Gasteiger partial charge in [0.15, 0.2) is 0 Å². The van der Waals surface area contributed by atoms with Crippen molar-refractivity contribution in [2.24, 2.45) is 5.92 Å². The number of fused-ring (bicyclic) bond motifs is 1. The van der Waals surface area contributed by atoms with Crippen molar-refractivity contribution in [1.82, 2.24) is 19.6 Å². The van der Waals surface area contributed by atoms with Crippen LogP contribution in [0.15, 0.2) is 6.33 Å². The van der Waals surface area contributed by atoms with Gasteiger partial charge in [-0.25, -0.2) is 4.98 Å². The van der Waals surface area contributed by atoms with Crippen LogP contribution in [0.3, 0.4) is 0 Å². The fourth-order valence-corrected chi connectivity index (χ4v) is 2.85. The molecule has 110 valence electrons. The summed E-state index contributed by atoms with van der Waals surface area (Å²) >= 11 is 0. The third kappa shape index (κ3) is 2.69. The minimum atomic E-state index is -0.601. The van der Waals surface area contributed by atoms with E-state index >= 15 is 0 Å². The van der Waals surface area contributed by atoms with E-state index in [0.717, 1.165) is 12.8 Å². The summed E-state index contributed by atoms with van der Waals surface area (Å²) in [5, 5.41) is 14.2. The SMILES string of the molecule is Cc1nc2ncnn2c(N)c1C#CC(O)C1CCCCC1. The molecule has 2 aromatic heterocycles. The third-order valence-corrected chi connectivity index (χ3v) is 4.08. The van der Waals surface area contributed by atoms with Crippen molar-refractivity contribution in [1.29, 1.82) is 0 Å². The smallest absolute Gasteiger partial charge is 0.254 e. The van der Waals surface area contributed by atoms with Crippen LogP contribution in [-0.2, 0) is 0 Å². The Labute approximate surface area is 123 Å². The van der Waals surface area contributed by atoms with E-state index in [4.69, 9.17) is 5.73 Å². The van der Waals surface area contributed by atoms with Crippen LogP contribution in [0.5, 0.6) is 0 Å². The second kappa shape index (κ2) is 5.70. The number of aliphatic hydroxyl groups is 1. The van der Waals surface area contributed by atoms with Crippen LogP contribution < -0.4 is 5.73 Å². The van der Waals surface area contributed by atoms with Gasteiger partial charge in [0, 0.05) is 0 Å². The van der Waals surface area contributed by atoms with Gasteiger partial charge in [0.25, 0.3) is 5.78 Å². The number of aromatic nitrogens is 4. The van der Waals surface area contributed by atoms with Crippen molar-refractivity contribution in [2.45, 2.75) is 45.1 Å². The number of nitrogens with zero attached hydrogens (tertiary/aromatic N) is 4. The highest BCUT2D eigenvalue weighted by Gasteiger charge is 2.20. The predicted molar refractivity (Wildman–Crippen MR) is 79.4 cm³/mol. The number of anilines is 1. The number of aryl methyl sites for hydroxylation is 1. The van der Waals surface area contributed by atoms with Crippen LogP contribution in [0.2, 0.25) is 0 Å². The lowest BCUT2D eigenvalue weighted by Crippen LogP contribution is -2.21. The first-order valence-electron chi connectivity index (χ1n) is 7.32. The summed E-state index contributed by atoms with van der Waals surface area (Å²) < 4.78 is 1.46. The zero-order valence-electron chi connectivity index (χ0n) is 12.1. The Balaban J connectivity index is 1.89. The average molecular weight is 285 g/mol. The van der Waals surface area contributed by atoms with Crippen LogP contribution in [0, 0.1) is 24.7 Å². The van der Waals surface area contributed by atoms with E-state index in [9.17, 15) is 5.11 Å². The maximum absolute atomic E-state index is 10.2. The number of nitrogens with two attached hydrogens (primary N) is 1. The lowest BCUT2D eigenvalue weighted by Gasteiger charge is -2.23. The van der Waals surface area contributed by atoms with Crippen molar-refractivity contribution in [3.63, 3.8) is 0 Å². The van der Waals surface area contributed by atoms with E-state index in [0.29, 0.717) is 22.9 Å².